The Morgan fingerprint density at radius 3 is 3.00 bits per heavy atom. The SMILES string of the molecule is O=c1nc2oc3c(S)ccnc3n2c2cc(O)ccc12. The van der Waals surface area contributed by atoms with Gasteiger partial charge in [-0.05, 0) is 18.2 Å². The van der Waals surface area contributed by atoms with Crippen molar-refractivity contribution >= 4 is 40.6 Å². The maximum atomic E-state index is 12.0. The van der Waals surface area contributed by atoms with E-state index in [1.807, 2.05) is 0 Å². The highest BCUT2D eigenvalue weighted by Gasteiger charge is 2.15. The van der Waals surface area contributed by atoms with Crippen LogP contribution in [0.4, 0.5) is 0 Å². The van der Waals surface area contributed by atoms with E-state index in [1.54, 1.807) is 16.7 Å². The summed E-state index contributed by atoms with van der Waals surface area (Å²) >= 11 is 4.30. The van der Waals surface area contributed by atoms with Crippen molar-refractivity contribution in [3.05, 3.63) is 40.8 Å². The van der Waals surface area contributed by atoms with E-state index >= 15 is 0 Å². The zero-order valence-corrected chi connectivity index (χ0v) is 10.8. The van der Waals surface area contributed by atoms with Crippen LogP contribution in [0.5, 0.6) is 5.75 Å². The second-order valence-corrected chi connectivity index (χ2v) is 4.80. The molecule has 6 nitrogen and oxygen atoms in total. The number of pyridine rings is 1. The zero-order chi connectivity index (χ0) is 13.9. The summed E-state index contributed by atoms with van der Waals surface area (Å²) in [5, 5.41) is 10.0. The van der Waals surface area contributed by atoms with Crippen molar-refractivity contribution in [2.75, 3.05) is 0 Å². The van der Waals surface area contributed by atoms with Crippen LogP contribution in [0.15, 0.2) is 44.6 Å². The Labute approximate surface area is 116 Å². The fourth-order valence-electron chi connectivity index (χ4n) is 2.24. The molecule has 3 aromatic heterocycles. The van der Waals surface area contributed by atoms with Crippen LogP contribution in [0.25, 0.3) is 28.0 Å². The number of phenols is 1. The van der Waals surface area contributed by atoms with Crippen molar-refractivity contribution < 1.29 is 9.52 Å². The zero-order valence-electron chi connectivity index (χ0n) is 9.94. The molecule has 0 fully saturated rings. The van der Waals surface area contributed by atoms with Crippen LogP contribution in [-0.4, -0.2) is 19.5 Å². The van der Waals surface area contributed by atoms with Crippen LogP contribution in [-0.2, 0) is 0 Å². The van der Waals surface area contributed by atoms with Crippen LogP contribution >= 0.6 is 12.6 Å². The van der Waals surface area contributed by atoms with Gasteiger partial charge in [0.25, 0.3) is 5.56 Å². The second kappa shape index (κ2) is 3.73. The number of aromatic nitrogens is 3. The maximum absolute atomic E-state index is 12.0. The van der Waals surface area contributed by atoms with E-state index in [-0.39, 0.29) is 11.6 Å². The molecule has 0 saturated heterocycles. The van der Waals surface area contributed by atoms with Gasteiger partial charge in [-0.2, -0.15) is 4.98 Å². The van der Waals surface area contributed by atoms with Gasteiger partial charge in [0, 0.05) is 12.3 Å². The quantitative estimate of drug-likeness (QED) is 0.483. The predicted octanol–water partition coefficient (Wildman–Crippen LogP) is 1.98. The van der Waals surface area contributed by atoms with Crippen LogP contribution in [0.1, 0.15) is 0 Å². The number of fused-ring (bicyclic) bond motifs is 5. The molecule has 98 valence electrons. The highest BCUT2D eigenvalue weighted by Crippen LogP contribution is 2.26. The third kappa shape index (κ3) is 1.38. The standard InChI is InChI=1S/C13H7N3O3S/c17-6-1-2-7-8(5-6)16-11-10(9(20)3-4-14-11)19-13(16)15-12(7)18/h1-5,17H,(H,14,20). The molecule has 1 aromatic carbocycles. The summed E-state index contributed by atoms with van der Waals surface area (Å²) in [6.45, 7) is 0. The first-order valence-electron chi connectivity index (χ1n) is 5.77. The first-order chi connectivity index (χ1) is 9.65. The lowest BCUT2D eigenvalue weighted by Crippen LogP contribution is -2.09. The molecule has 0 atom stereocenters. The Balaban J connectivity index is 2.40. The minimum Gasteiger partial charge on any atom is -0.508 e. The van der Waals surface area contributed by atoms with Crippen molar-refractivity contribution in [3.63, 3.8) is 0 Å². The number of hydrogen-bond donors (Lipinski definition) is 2. The Kier molecular flexibility index (Phi) is 2.11. The normalized spacial score (nSPS) is 11.7. The number of thiol groups is 1. The van der Waals surface area contributed by atoms with Gasteiger partial charge in [0.1, 0.15) is 5.75 Å². The predicted molar refractivity (Wildman–Crippen MR) is 75.5 cm³/mol. The van der Waals surface area contributed by atoms with Gasteiger partial charge in [0.15, 0.2) is 11.2 Å². The van der Waals surface area contributed by atoms with Gasteiger partial charge in [-0.15, -0.1) is 12.6 Å². The maximum Gasteiger partial charge on any atom is 0.312 e. The smallest absolute Gasteiger partial charge is 0.312 e. The summed E-state index contributed by atoms with van der Waals surface area (Å²) in [5.41, 5.74) is 1.01. The Morgan fingerprint density at radius 1 is 1.30 bits per heavy atom. The molecule has 3 heterocycles. The Bertz CT molecular complexity index is 1050. The van der Waals surface area contributed by atoms with E-state index in [4.69, 9.17) is 4.42 Å². The molecule has 0 amide bonds. The van der Waals surface area contributed by atoms with Gasteiger partial charge in [0.05, 0.1) is 15.8 Å². The summed E-state index contributed by atoms with van der Waals surface area (Å²) in [7, 11) is 0. The number of rotatable bonds is 0. The number of nitrogens with zero attached hydrogens (tertiary/aromatic N) is 3. The number of aromatic hydroxyl groups is 1. The van der Waals surface area contributed by atoms with Crippen LogP contribution in [0.2, 0.25) is 0 Å². The van der Waals surface area contributed by atoms with Crippen molar-refractivity contribution in [3.8, 4) is 5.75 Å². The Hall–Kier alpha value is -2.54. The summed E-state index contributed by atoms with van der Waals surface area (Å²) in [6, 6.07) is 6.13. The highest BCUT2D eigenvalue weighted by atomic mass is 32.1. The number of benzene rings is 1. The van der Waals surface area contributed by atoms with E-state index in [9.17, 15) is 9.90 Å². The van der Waals surface area contributed by atoms with Gasteiger partial charge in [-0.1, -0.05) is 0 Å². The molecule has 0 aliphatic rings. The average molecular weight is 285 g/mol. The summed E-state index contributed by atoms with van der Waals surface area (Å²) in [4.78, 5) is 20.7. The fraction of sp³-hybridized carbons (Fsp3) is 0. The van der Waals surface area contributed by atoms with Crippen LogP contribution in [0.3, 0.4) is 0 Å². The molecule has 0 aliphatic heterocycles. The lowest BCUT2D eigenvalue weighted by atomic mass is 10.2. The summed E-state index contributed by atoms with van der Waals surface area (Å²) in [6.07, 6.45) is 1.59. The lowest BCUT2D eigenvalue weighted by molar-refractivity contribution is 0.476. The largest absolute Gasteiger partial charge is 0.508 e. The molecule has 7 heteroatoms. The van der Waals surface area contributed by atoms with E-state index in [0.29, 0.717) is 27.0 Å². The second-order valence-electron chi connectivity index (χ2n) is 4.32. The number of phenolic OH excluding ortho intramolecular Hbond substituents is 1. The van der Waals surface area contributed by atoms with Gasteiger partial charge in [-0.25, -0.2) is 9.38 Å². The van der Waals surface area contributed by atoms with Gasteiger partial charge < -0.3 is 9.52 Å². The van der Waals surface area contributed by atoms with Crippen LogP contribution < -0.4 is 5.56 Å². The van der Waals surface area contributed by atoms with E-state index in [0.717, 1.165) is 0 Å². The average Bonchev–Trinajstić information content (AvgIpc) is 2.78. The van der Waals surface area contributed by atoms with E-state index in [1.165, 1.54) is 18.2 Å². The van der Waals surface area contributed by atoms with Gasteiger partial charge in [-0.3, -0.25) is 4.79 Å². The van der Waals surface area contributed by atoms with E-state index < -0.39 is 5.56 Å². The topological polar surface area (TPSA) is 80.6 Å². The lowest BCUT2D eigenvalue weighted by Gasteiger charge is -2.00. The molecule has 0 radical (unpaired) electrons. The molecule has 0 saturated carbocycles. The summed E-state index contributed by atoms with van der Waals surface area (Å²) < 4.78 is 7.13. The monoisotopic (exact) mass is 285 g/mol. The van der Waals surface area contributed by atoms with Crippen molar-refractivity contribution in [2.45, 2.75) is 4.90 Å². The minimum atomic E-state index is -0.417. The van der Waals surface area contributed by atoms with Crippen molar-refractivity contribution in [1.82, 2.24) is 14.4 Å². The van der Waals surface area contributed by atoms with Gasteiger partial charge >= 0.3 is 5.84 Å². The number of oxazole rings is 1. The Morgan fingerprint density at radius 2 is 2.15 bits per heavy atom. The molecule has 1 N–H and O–H groups in total. The fourth-order valence-corrected chi connectivity index (χ4v) is 2.45. The molecule has 20 heavy (non-hydrogen) atoms. The van der Waals surface area contributed by atoms with Crippen molar-refractivity contribution in [1.29, 1.82) is 0 Å². The summed E-state index contributed by atoms with van der Waals surface area (Å²) in [5.74, 6) is 0.172. The first kappa shape index (κ1) is 11.3. The third-order valence-electron chi connectivity index (χ3n) is 3.11. The molecule has 0 aliphatic carbocycles. The van der Waals surface area contributed by atoms with Gasteiger partial charge in [0.2, 0.25) is 0 Å². The highest BCUT2D eigenvalue weighted by molar-refractivity contribution is 7.80. The molecular weight excluding hydrogens is 278 g/mol. The first-order valence-corrected chi connectivity index (χ1v) is 6.22. The third-order valence-corrected chi connectivity index (χ3v) is 3.46. The molecule has 0 spiro atoms. The molecule has 4 rings (SSSR count). The van der Waals surface area contributed by atoms with Crippen molar-refractivity contribution in [2.24, 2.45) is 0 Å². The van der Waals surface area contributed by atoms with Crippen LogP contribution in [0, 0.1) is 0 Å². The molecule has 4 aromatic rings. The minimum absolute atomic E-state index is 0.0493. The number of hydrogen-bond acceptors (Lipinski definition) is 6. The molecular formula is C13H7N3O3S. The van der Waals surface area contributed by atoms with E-state index in [2.05, 4.69) is 22.6 Å². The molecule has 0 bridgehead atoms. The molecule has 0 unspecified atom stereocenters.